The summed E-state index contributed by atoms with van der Waals surface area (Å²) in [5.41, 5.74) is 0.719. The van der Waals surface area contributed by atoms with Crippen molar-refractivity contribution in [2.75, 3.05) is 31.6 Å². The standard InChI is InChI=1S/C20H24N4O4S/c25-17(24-11-9-20(10-12-24)27-13-14-28-20)8-4-7-16-22-23-19(29-16)18(26)21-15-5-2-1-3-6-15/h1-3,5-6H,4,7-14H2,(H,21,26). The molecule has 1 N–H and O–H groups in total. The molecular weight excluding hydrogens is 392 g/mol. The number of para-hydroxylation sites is 1. The molecule has 1 aromatic heterocycles. The number of carbonyl (C=O) groups is 2. The number of likely N-dealkylation sites (tertiary alicyclic amines) is 1. The van der Waals surface area contributed by atoms with Crippen molar-refractivity contribution in [3.05, 3.63) is 40.3 Å². The number of ether oxygens (including phenoxy) is 2. The number of rotatable bonds is 6. The smallest absolute Gasteiger partial charge is 0.286 e. The van der Waals surface area contributed by atoms with Crippen molar-refractivity contribution in [1.82, 2.24) is 15.1 Å². The summed E-state index contributed by atoms with van der Waals surface area (Å²) in [5.74, 6) is -0.584. The van der Waals surface area contributed by atoms with Crippen LogP contribution in [-0.4, -0.2) is 59.0 Å². The van der Waals surface area contributed by atoms with Crippen molar-refractivity contribution >= 4 is 28.8 Å². The summed E-state index contributed by atoms with van der Waals surface area (Å²) in [6, 6.07) is 9.23. The second-order valence-electron chi connectivity index (χ2n) is 7.16. The minimum atomic E-state index is -0.458. The average molecular weight is 417 g/mol. The Morgan fingerprint density at radius 2 is 1.83 bits per heavy atom. The van der Waals surface area contributed by atoms with E-state index in [1.165, 1.54) is 11.3 Å². The summed E-state index contributed by atoms with van der Waals surface area (Å²) in [7, 11) is 0. The highest BCUT2D eigenvalue weighted by molar-refractivity contribution is 7.13. The zero-order valence-electron chi connectivity index (χ0n) is 16.1. The van der Waals surface area contributed by atoms with E-state index in [9.17, 15) is 9.59 Å². The fourth-order valence-corrected chi connectivity index (χ4v) is 4.36. The molecule has 29 heavy (non-hydrogen) atoms. The lowest BCUT2D eigenvalue weighted by atomic mass is 10.0. The van der Waals surface area contributed by atoms with Crippen molar-refractivity contribution < 1.29 is 19.1 Å². The predicted octanol–water partition coefficient (Wildman–Crippen LogP) is 2.48. The van der Waals surface area contributed by atoms with Crippen LogP contribution in [0.2, 0.25) is 0 Å². The average Bonchev–Trinajstić information content (AvgIpc) is 3.39. The maximum absolute atomic E-state index is 12.5. The van der Waals surface area contributed by atoms with Crippen LogP contribution in [0.1, 0.15) is 40.5 Å². The summed E-state index contributed by atoms with van der Waals surface area (Å²) >= 11 is 1.27. The minimum Gasteiger partial charge on any atom is -0.347 e. The van der Waals surface area contributed by atoms with Gasteiger partial charge in [0, 0.05) is 44.5 Å². The molecule has 2 amide bonds. The van der Waals surface area contributed by atoms with E-state index >= 15 is 0 Å². The molecule has 0 radical (unpaired) electrons. The number of anilines is 1. The molecule has 0 saturated carbocycles. The third-order valence-corrected chi connectivity index (χ3v) is 6.15. The quantitative estimate of drug-likeness (QED) is 0.778. The van der Waals surface area contributed by atoms with Crippen molar-refractivity contribution in [1.29, 1.82) is 0 Å². The number of hydrogen-bond acceptors (Lipinski definition) is 7. The lowest BCUT2D eigenvalue weighted by molar-refractivity contribution is -0.187. The number of benzene rings is 1. The second kappa shape index (κ2) is 8.98. The Kier molecular flexibility index (Phi) is 6.17. The molecule has 8 nitrogen and oxygen atoms in total. The number of aromatic nitrogens is 2. The van der Waals surface area contributed by atoms with E-state index in [0.717, 1.165) is 23.5 Å². The number of amides is 2. The van der Waals surface area contributed by atoms with Crippen LogP contribution in [0.4, 0.5) is 5.69 Å². The highest BCUT2D eigenvalue weighted by atomic mass is 32.1. The van der Waals surface area contributed by atoms with E-state index < -0.39 is 5.79 Å². The van der Waals surface area contributed by atoms with Gasteiger partial charge in [-0.25, -0.2) is 0 Å². The van der Waals surface area contributed by atoms with Gasteiger partial charge in [0.1, 0.15) is 5.01 Å². The molecule has 2 saturated heterocycles. The van der Waals surface area contributed by atoms with E-state index in [-0.39, 0.29) is 11.8 Å². The van der Waals surface area contributed by atoms with Gasteiger partial charge < -0.3 is 19.7 Å². The molecule has 2 aliphatic rings. The van der Waals surface area contributed by atoms with E-state index in [1.807, 2.05) is 35.2 Å². The summed E-state index contributed by atoms with van der Waals surface area (Å²) in [4.78, 5) is 26.6. The Bertz CT molecular complexity index is 841. The molecule has 0 bridgehead atoms. The van der Waals surface area contributed by atoms with Gasteiger partial charge >= 0.3 is 0 Å². The maximum atomic E-state index is 12.5. The Labute approximate surface area is 173 Å². The molecule has 0 unspecified atom stereocenters. The van der Waals surface area contributed by atoms with Crippen LogP contribution in [0.25, 0.3) is 0 Å². The predicted molar refractivity (Wildman–Crippen MR) is 108 cm³/mol. The normalized spacial score (nSPS) is 18.1. The minimum absolute atomic E-state index is 0.143. The van der Waals surface area contributed by atoms with Gasteiger partial charge in [-0.05, 0) is 18.6 Å². The van der Waals surface area contributed by atoms with Gasteiger partial charge in [0.05, 0.1) is 13.2 Å². The van der Waals surface area contributed by atoms with Crippen LogP contribution >= 0.6 is 11.3 Å². The van der Waals surface area contributed by atoms with Crippen LogP contribution < -0.4 is 5.32 Å². The molecule has 3 heterocycles. The molecule has 4 rings (SSSR count). The van der Waals surface area contributed by atoms with Crippen LogP contribution in [0.3, 0.4) is 0 Å². The second-order valence-corrected chi connectivity index (χ2v) is 8.23. The highest BCUT2D eigenvalue weighted by Crippen LogP contribution is 2.31. The monoisotopic (exact) mass is 416 g/mol. The van der Waals surface area contributed by atoms with Crippen molar-refractivity contribution in [2.45, 2.75) is 37.9 Å². The SMILES string of the molecule is O=C(Nc1ccccc1)c1nnc(CCCC(=O)N2CCC3(CC2)OCCO3)s1. The van der Waals surface area contributed by atoms with Crippen LogP contribution in [0.15, 0.2) is 30.3 Å². The number of piperidine rings is 1. The molecule has 154 valence electrons. The Hall–Kier alpha value is -2.36. The number of carbonyl (C=O) groups excluding carboxylic acids is 2. The number of nitrogens with zero attached hydrogens (tertiary/aromatic N) is 3. The van der Waals surface area contributed by atoms with Crippen LogP contribution in [0.5, 0.6) is 0 Å². The van der Waals surface area contributed by atoms with Gasteiger partial charge in [0.25, 0.3) is 5.91 Å². The lowest BCUT2D eigenvalue weighted by Gasteiger charge is -2.37. The lowest BCUT2D eigenvalue weighted by Crippen LogP contribution is -2.47. The third-order valence-electron chi connectivity index (χ3n) is 5.17. The Morgan fingerprint density at radius 1 is 1.10 bits per heavy atom. The zero-order chi connectivity index (χ0) is 20.1. The molecule has 9 heteroatoms. The van der Waals surface area contributed by atoms with Gasteiger partial charge in [-0.3, -0.25) is 9.59 Å². The zero-order valence-corrected chi connectivity index (χ0v) is 17.0. The Balaban J connectivity index is 1.20. The number of nitrogens with one attached hydrogen (secondary N) is 1. The number of aryl methyl sites for hydroxylation is 1. The molecule has 0 atom stereocenters. The van der Waals surface area contributed by atoms with Crippen molar-refractivity contribution in [2.24, 2.45) is 0 Å². The van der Waals surface area contributed by atoms with Crippen LogP contribution in [0, 0.1) is 0 Å². The van der Waals surface area contributed by atoms with Gasteiger partial charge in [0.15, 0.2) is 5.79 Å². The van der Waals surface area contributed by atoms with E-state index in [2.05, 4.69) is 15.5 Å². The Morgan fingerprint density at radius 3 is 2.55 bits per heavy atom. The molecule has 2 fully saturated rings. The molecule has 1 spiro atoms. The largest absolute Gasteiger partial charge is 0.347 e. The van der Waals surface area contributed by atoms with Crippen molar-refractivity contribution in [3.63, 3.8) is 0 Å². The first-order valence-electron chi connectivity index (χ1n) is 9.88. The summed E-state index contributed by atoms with van der Waals surface area (Å²) in [6.45, 7) is 2.62. The molecule has 1 aromatic carbocycles. The van der Waals surface area contributed by atoms with Crippen LogP contribution in [-0.2, 0) is 20.7 Å². The van der Waals surface area contributed by atoms with E-state index in [0.29, 0.717) is 50.6 Å². The molecule has 2 aliphatic heterocycles. The van der Waals surface area contributed by atoms with Gasteiger partial charge in [-0.1, -0.05) is 29.5 Å². The molecule has 0 aliphatic carbocycles. The van der Waals surface area contributed by atoms with E-state index in [1.54, 1.807) is 0 Å². The number of hydrogen-bond donors (Lipinski definition) is 1. The summed E-state index contributed by atoms with van der Waals surface area (Å²) in [5, 5.41) is 11.9. The third kappa shape index (κ3) is 4.98. The topological polar surface area (TPSA) is 93.7 Å². The first-order chi connectivity index (χ1) is 14.1. The first kappa shape index (κ1) is 19.9. The summed E-state index contributed by atoms with van der Waals surface area (Å²) < 4.78 is 11.4. The van der Waals surface area contributed by atoms with E-state index in [4.69, 9.17) is 9.47 Å². The van der Waals surface area contributed by atoms with Crippen molar-refractivity contribution in [3.8, 4) is 0 Å². The summed E-state index contributed by atoms with van der Waals surface area (Å²) in [6.07, 6.45) is 3.23. The molecular formula is C20H24N4O4S. The fourth-order valence-electron chi connectivity index (χ4n) is 3.58. The van der Waals surface area contributed by atoms with Gasteiger partial charge in [-0.15, -0.1) is 10.2 Å². The highest BCUT2D eigenvalue weighted by Gasteiger charge is 2.40. The molecule has 2 aromatic rings. The fraction of sp³-hybridized carbons (Fsp3) is 0.500. The van der Waals surface area contributed by atoms with Gasteiger partial charge in [-0.2, -0.15) is 0 Å². The van der Waals surface area contributed by atoms with Gasteiger partial charge in [0.2, 0.25) is 10.9 Å². The first-order valence-corrected chi connectivity index (χ1v) is 10.7. The maximum Gasteiger partial charge on any atom is 0.286 e.